The molecule has 7 heteroatoms. The fourth-order valence-corrected chi connectivity index (χ4v) is 4.22. The van der Waals surface area contributed by atoms with Crippen LogP contribution in [0.1, 0.15) is 31.4 Å². The molecule has 1 spiro atoms. The zero-order valence-electron chi connectivity index (χ0n) is 14.9. The van der Waals surface area contributed by atoms with E-state index in [1.165, 1.54) is 0 Å². The zero-order chi connectivity index (χ0) is 18.5. The predicted molar refractivity (Wildman–Crippen MR) is 98.3 cm³/mol. The van der Waals surface area contributed by atoms with Crippen LogP contribution in [0.4, 0.5) is 0 Å². The van der Waals surface area contributed by atoms with Gasteiger partial charge in [-0.3, -0.25) is 4.79 Å². The van der Waals surface area contributed by atoms with Gasteiger partial charge < -0.3 is 18.9 Å². The number of piperidine rings is 1. The van der Waals surface area contributed by atoms with Crippen molar-refractivity contribution >= 4 is 17.5 Å². The fraction of sp³-hybridized carbons (Fsp3) is 0.500. The summed E-state index contributed by atoms with van der Waals surface area (Å²) in [6.45, 7) is 2.60. The molecule has 2 saturated heterocycles. The molecule has 1 saturated carbocycles. The third-order valence-corrected chi connectivity index (χ3v) is 6.17. The lowest BCUT2D eigenvalue weighted by Crippen LogP contribution is -2.50. The predicted octanol–water partition coefficient (Wildman–Crippen LogP) is 3.39. The summed E-state index contributed by atoms with van der Waals surface area (Å²) in [4.78, 5) is 15.2. The van der Waals surface area contributed by atoms with Crippen molar-refractivity contribution in [2.75, 3.05) is 26.3 Å². The van der Waals surface area contributed by atoms with E-state index in [1.807, 2.05) is 35.2 Å². The number of rotatable bonds is 3. The van der Waals surface area contributed by atoms with Crippen molar-refractivity contribution < 1.29 is 18.8 Å². The molecular formula is C20H21ClN2O4. The Morgan fingerprint density at radius 2 is 1.70 bits per heavy atom. The molecule has 6 nitrogen and oxygen atoms in total. The van der Waals surface area contributed by atoms with Gasteiger partial charge in [0, 0.05) is 42.6 Å². The van der Waals surface area contributed by atoms with Crippen molar-refractivity contribution in [3.05, 3.63) is 41.0 Å². The topological polar surface area (TPSA) is 64.8 Å². The van der Waals surface area contributed by atoms with Crippen LogP contribution in [0.2, 0.25) is 5.02 Å². The minimum Gasteiger partial charge on any atom is -0.356 e. The molecule has 0 unspecified atom stereocenters. The van der Waals surface area contributed by atoms with Crippen molar-refractivity contribution in [1.82, 2.24) is 10.1 Å². The van der Waals surface area contributed by atoms with E-state index in [1.54, 1.807) is 0 Å². The van der Waals surface area contributed by atoms with Gasteiger partial charge in [-0.1, -0.05) is 16.8 Å². The summed E-state index contributed by atoms with van der Waals surface area (Å²) in [6, 6.07) is 9.30. The van der Waals surface area contributed by atoms with Crippen molar-refractivity contribution in [3.8, 4) is 11.3 Å². The largest absolute Gasteiger partial charge is 0.356 e. The highest BCUT2D eigenvalue weighted by molar-refractivity contribution is 6.30. The number of halogens is 1. The van der Waals surface area contributed by atoms with E-state index < -0.39 is 11.2 Å². The van der Waals surface area contributed by atoms with Crippen molar-refractivity contribution in [1.29, 1.82) is 0 Å². The van der Waals surface area contributed by atoms with E-state index in [0.29, 0.717) is 37.1 Å². The van der Waals surface area contributed by atoms with Crippen molar-refractivity contribution in [2.45, 2.75) is 36.9 Å². The van der Waals surface area contributed by atoms with Crippen LogP contribution >= 0.6 is 11.6 Å². The first-order valence-electron chi connectivity index (χ1n) is 9.41. The Morgan fingerprint density at radius 3 is 2.33 bits per heavy atom. The highest BCUT2D eigenvalue weighted by Crippen LogP contribution is 2.50. The normalized spacial score (nSPS) is 22.9. The zero-order valence-corrected chi connectivity index (χ0v) is 15.7. The Labute approximate surface area is 162 Å². The molecule has 1 aliphatic carbocycles. The molecule has 3 aliphatic rings. The third kappa shape index (κ3) is 2.96. The highest BCUT2D eigenvalue weighted by Gasteiger charge is 2.56. The first-order valence-corrected chi connectivity index (χ1v) is 9.79. The number of ether oxygens (including phenoxy) is 2. The van der Waals surface area contributed by atoms with Gasteiger partial charge in [-0.2, -0.15) is 0 Å². The van der Waals surface area contributed by atoms with Gasteiger partial charge in [-0.15, -0.1) is 0 Å². The van der Waals surface area contributed by atoms with Gasteiger partial charge in [0.2, 0.25) is 5.91 Å². The van der Waals surface area contributed by atoms with E-state index in [9.17, 15) is 4.79 Å². The number of carbonyl (C=O) groups is 1. The molecule has 2 aliphatic heterocycles. The number of hydrogen-bond donors (Lipinski definition) is 0. The van der Waals surface area contributed by atoms with E-state index >= 15 is 0 Å². The molecule has 27 heavy (non-hydrogen) atoms. The number of benzene rings is 1. The Hall–Kier alpha value is -1.89. The van der Waals surface area contributed by atoms with E-state index in [2.05, 4.69) is 5.16 Å². The molecule has 0 N–H and O–H groups in total. The summed E-state index contributed by atoms with van der Waals surface area (Å²) >= 11 is 5.95. The number of aromatic nitrogens is 1. The van der Waals surface area contributed by atoms with Crippen molar-refractivity contribution in [3.63, 3.8) is 0 Å². The lowest BCUT2D eigenvalue weighted by molar-refractivity contribution is -0.188. The Kier molecular flexibility index (Phi) is 4.04. The smallest absolute Gasteiger partial charge is 0.234 e. The standard InChI is InChI=1S/C20H21ClN2O4/c21-15-3-1-14(2-4-15)16-13-17(22-27-16)19(5-6-19)18(24)23-9-7-20(8-10-23)25-11-12-26-20/h1-4,13H,5-12H2. The van der Waals surface area contributed by atoms with Gasteiger partial charge in [0.05, 0.1) is 24.3 Å². The molecule has 0 bridgehead atoms. The Bertz CT molecular complexity index is 843. The number of amides is 1. The second-order valence-electron chi connectivity index (χ2n) is 7.57. The third-order valence-electron chi connectivity index (χ3n) is 5.91. The van der Waals surface area contributed by atoms with E-state index in [-0.39, 0.29) is 5.91 Å². The molecular weight excluding hydrogens is 368 g/mol. The number of likely N-dealkylation sites (tertiary alicyclic amines) is 1. The van der Waals surface area contributed by atoms with Crippen LogP contribution in [0.25, 0.3) is 11.3 Å². The summed E-state index contributed by atoms with van der Waals surface area (Å²) in [5.41, 5.74) is 1.10. The number of nitrogens with zero attached hydrogens (tertiary/aromatic N) is 2. The van der Waals surface area contributed by atoms with E-state index in [4.69, 9.17) is 25.6 Å². The Balaban J connectivity index is 1.32. The maximum Gasteiger partial charge on any atom is 0.234 e. The average Bonchev–Trinajstić information content (AvgIpc) is 3.12. The fourth-order valence-electron chi connectivity index (χ4n) is 4.09. The number of carbonyl (C=O) groups excluding carboxylic acids is 1. The maximum atomic E-state index is 13.2. The molecule has 1 aromatic heterocycles. The summed E-state index contributed by atoms with van der Waals surface area (Å²) in [6.07, 6.45) is 3.08. The minimum absolute atomic E-state index is 0.145. The molecule has 5 rings (SSSR count). The molecule has 1 aromatic carbocycles. The summed E-state index contributed by atoms with van der Waals surface area (Å²) in [5.74, 6) is 0.334. The van der Waals surface area contributed by atoms with Crippen LogP contribution in [-0.2, 0) is 19.7 Å². The number of hydrogen-bond acceptors (Lipinski definition) is 5. The summed E-state index contributed by atoms with van der Waals surface area (Å²) in [5, 5.41) is 4.90. The molecule has 3 heterocycles. The molecule has 1 amide bonds. The average molecular weight is 389 g/mol. The summed E-state index contributed by atoms with van der Waals surface area (Å²) in [7, 11) is 0. The lowest BCUT2D eigenvalue weighted by Gasteiger charge is -2.38. The van der Waals surface area contributed by atoms with Crippen LogP contribution in [0, 0.1) is 0 Å². The second kappa shape index (κ2) is 6.33. The molecule has 2 aromatic rings. The molecule has 142 valence electrons. The van der Waals surface area contributed by atoms with Crippen LogP contribution < -0.4 is 0 Å². The minimum atomic E-state index is -0.532. The Morgan fingerprint density at radius 1 is 1.04 bits per heavy atom. The highest BCUT2D eigenvalue weighted by atomic mass is 35.5. The maximum absolute atomic E-state index is 13.2. The lowest BCUT2D eigenvalue weighted by atomic mass is 9.96. The van der Waals surface area contributed by atoms with Crippen molar-refractivity contribution in [2.24, 2.45) is 0 Å². The van der Waals surface area contributed by atoms with Crippen LogP contribution in [0.5, 0.6) is 0 Å². The van der Waals surface area contributed by atoms with Gasteiger partial charge >= 0.3 is 0 Å². The van der Waals surface area contributed by atoms with Gasteiger partial charge in [0.25, 0.3) is 0 Å². The monoisotopic (exact) mass is 388 g/mol. The van der Waals surface area contributed by atoms with Crippen LogP contribution in [-0.4, -0.2) is 48.1 Å². The molecule has 3 fully saturated rings. The van der Waals surface area contributed by atoms with Gasteiger partial charge in [0.15, 0.2) is 11.5 Å². The summed E-state index contributed by atoms with van der Waals surface area (Å²) < 4.78 is 17.0. The van der Waals surface area contributed by atoms with Gasteiger partial charge in [-0.05, 0) is 37.1 Å². The first-order chi connectivity index (χ1) is 13.1. The first kappa shape index (κ1) is 17.2. The van der Waals surface area contributed by atoms with Crippen LogP contribution in [0.15, 0.2) is 34.9 Å². The van der Waals surface area contributed by atoms with Gasteiger partial charge in [0.1, 0.15) is 0 Å². The molecule has 0 atom stereocenters. The van der Waals surface area contributed by atoms with Gasteiger partial charge in [-0.25, -0.2) is 0 Å². The second-order valence-corrected chi connectivity index (χ2v) is 8.00. The quantitative estimate of drug-likeness (QED) is 0.806. The molecule has 0 radical (unpaired) electrons. The van der Waals surface area contributed by atoms with Crippen LogP contribution in [0.3, 0.4) is 0 Å². The SMILES string of the molecule is O=C(N1CCC2(CC1)OCCO2)C1(c2cc(-c3ccc(Cl)cc3)on2)CC1. The van der Waals surface area contributed by atoms with E-state index in [0.717, 1.165) is 36.9 Å².